The number of nitrogens with zero attached hydrogens (tertiary/aromatic N) is 5. The predicted molar refractivity (Wildman–Crippen MR) is 102 cm³/mol. The number of hydrogen-bond acceptors (Lipinski definition) is 4. The number of carbonyl (C=O) groups excluding carboxylic acids is 1. The molecule has 1 fully saturated rings. The molecule has 140 valence electrons. The van der Waals surface area contributed by atoms with Gasteiger partial charge in [-0.3, -0.25) is 14.6 Å². The Morgan fingerprint density at radius 1 is 1.19 bits per heavy atom. The van der Waals surface area contributed by atoms with E-state index in [1.54, 1.807) is 16.9 Å². The summed E-state index contributed by atoms with van der Waals surface area (Å²) in [4.78, 5) is 19.3. The number of rotatable bonds is 5. The lowest BCUT2D eigenvalue weighted by molar-refractivity contribution is 0.0677. The average Bonchev–Trinajstić information content (AvgIpc) is 3.38. The predicted octanol–water partition coefficient (Wildman–Crippen LogP) is 2.78. The topological polar surface area (TPSA) is 79.7 Å². The number of benzene rings is 1. The Balaban J connectivity index is 1.34. The minimum atomic E-state index is 0.0822. The van der Waals surface area contributed by atoms with Gasteiger partial charge in [-0.05, 0) is 31.7 Å². The Morgan fingerprint density at radius 2 is 1.96 bits per heavy atom. The fourth-order valence-corrected chi connectivity index (χ4v) is 3.64. The summed E-state index contributed by atoms with van der Waals surface area (Å²) in [6.45, 7) is 4.26. The van der Waals surface area contributed by atoms with Gasteiger partial charge in [-0.15, -0.1) is 0 Å². The van der Waals surface area contributed by atoms with Crippen LogP contribution in [-0.4, -0.2) is 48.9 Å². The molecule has 4 rings (SSSR count). The number of hydrogen-bond donors (Lipinski definition) is 1. The lowest BCUT2D eigenvalue weighted by Gasteiger charge is -2.31. The molecule has 0 bridgehead atoms. The summed E-state index contributed by atoms with van der Waals surface area (Å²) in [6, 6.07) is 11.8. The molecule has 7 nitrogen and oxygen atoms in total. The number of piperidine rings is 1. The molecule has 0 aliphatic carbocycles. The first kappa shape index (κ1) is 17.5. The fraction of sp³-hybridized carbons (Fsp3) is 0.400. The smallest absolute Gasteiger partial charge is 0.272 e. The molecule has 0 saturated carbocycles. The SMILES string of the molecule is CCn1nccc1C(=O)N1CCC(Cc2nc(-c3ccccc3)n[nH]2)CC1. The van der Waals surface area contributed by atoms with E-state index >= 15 is 0 Å². The molecule has 3 heterocycles. The van der Waals surface area contributed by atoms with Gasteiger partial charge >= 0.3 is 0 Å². The maximum Gasteiger partial charge on any atom is 0.272 e. The van der Waals surface area contributed by atoms with Crippen molar-refractivity contribution in [1.29, 1.82) is 0 Å². The zero-order valence-electron chi connectivity index (χ0n) is 15.5. The molecule has 0 radical (unpaired) electrons. The fourth-order valence-electron chi connectivity index (χ4n) is 3.64. The first-order valence-electron chi connectivity index (χ1n) is 9.52. The highest BCUT2D eigenvalue weighted by molar-refractivity contribution is 5.92. The molecule has 1 aromatic carbocycles. The highest BCUT2D eigenvalue weighted by Crippen LogP contribution is 2.23. The van der Waals surface area contributed by atoms with Crippen LogP contribution in [0, 0.1) is 5.92 Å². The number of H-pyrrole nitrogens is 1. The Labute approximate surface area is 158 Å². The third kappa shape index (κ3) is 3.77. The molecule has 1 aliphatic rings. The van der Waals surface area contributed by atoms with Crippen molar-refractivity contribution in [3.63, 3.8) is 0 Å². The molecule has 1 N–H and O–H groups in total. The Morgan fingerprint density at radius 3 is 2.70 bits per heavy atom. The summed E-state index contributed by atoms with van der Waals surface area (Å²) in [5, 5.41) is 11.6. The Bertz CT molecular complexity index is 892. The van der Waals surface area contributed by atoms with Crippen LogP contribution < -0.4 is 0 Å². The zero-order valence-corrected chi connectivity index (χ0v) is 15.5. The summed E-state index contributed by atoms with van der Waals surface area (Å²) in [5.74, 6) is 2.26. The molecule has 1 amide bonds. The van der Waals surface area contributed by atoms with Crippen molar-refractivity contribution < 1.29 is 4.79 Å². The van der Waals surface area contributed by atoms with Gasteiger partial charge < -0.3 is 4.90 Å². The van der Waals surface area contributed by atoms with Crippen LogP contribution in [0.4, 0.5) is 0 Å². The standard InChI is InChI=1S/C20H24N6O/c1-2-26-17(8-11-21-26)20(27)25-12-9-15(10-13-25)14-18-22-19(24-23-18)16-6-4-3-5-7-16/h3-8,11,15H,2,9-10,12-14H2,1H3,(H,22,23,24). The Kier molecular flexibility index (Phi) is 5.00. The lowest BCUT2D eigenvalue weighted by atomic mass is 9.93. The number of aromatic amines is 1. The quantitative estimate of drug-likeness (QED) is 0.755. The van der Waals surface area contributed by atoms with Crippen molar-refractivity contribution >= 4 is 5.91 Å². The van der Waals surface area contributed by atoms with Gasteiger partial charge in [0.2, 0.25) is 0 Å². The second-order valence-electron chi connectivity index (χ2n) is 6.94. The van der Waals surface area contributed by atoms with Crippen molar-refractivity contribution in [3.05, 3.63) is 54.1 Å². The average molecular weight is 364 g/mol. The largest absolute Gasteiger partial charge is 0.337 e. The molecular weight excluding hydrogens is 340 g/mol. The first-order valence-corrected chi connectivity index (χ1v) is 9.52. The van der Waals surface area contributed by atoms with E-state index in [-0.39, 0.29) is 5.91 Å². The molecule has 3 aromatic rings. The van der Waals surface area contributed by atoms with E-state index in [0.29, 0.717) is 18.2 Å². The van der Waals surface area contributed by atoms with E-state index < -0.39 is 0 Å². The van der Waals surface area contributed by atoms with Gasteiger partial charge in [0.15, 0.2) is 5.82 Å². The number of nitrogens with one attached hydrogen (secondary N) is 1. The van der Waals surface area contributed by atoms with Crippen LogP contribution in [0.25, 0.3) is 11.4 Å². The van der Waals surface area contributed by atoms with Crippen molar-refractivity contribution in [2.75, 3.05) is 13.1 Å². The molecule has 0 spiro atoms. The third-order valence-corrected chi connectivity index (χ3v) is 5.18. The van der Waals surface area contributed by atoms with Gasteiger partial charge in [0, 0.05) is 37.8 Å². The molecule has 1 aliphatic heterocycles. The van der Waals surface area contributed by atoms with Crippen LogP contribution in [0.5, 0.6) is 0 Å². The van der Waals surface area contributed by atoms with Crippen molar-refractivity contribution in [2.24, 2.45) is 5.92 Å². The van der Waals surface area contributed by atoms with Crippen LogP contribution in [0.3, 0.4) is 0 Å². The molecule has 7 heteroatoms. The number of likely N-dealkylation sites (tertiary alicyclic amines) is 1. The van der Waals surface area contributed by atoms with Crippen LogP contribution >= 0.6 is 0 Å². The second-order valence-corrected chi connectivity index (χ2v) is 6.94. The molecule has 27 heavy (non-hydrogen) atoms. The van der Waals surface area contributed by atoms with E-state index in [0.717, 1.165) is 49.6 Å². The molecule has 0 atom stereocenters. The van der Waals surface area contributed by atoms with E-state index in [2.05, 4.69) is 20.3 Å². The highest BCUT2D eigenvalue weighted by Gasteiger charge is 2.26. The zero-order chi connectivity index (χ0) is 18.6. The second kappa shape index (κ2) is 7.73. The third-order valence-electron chi connectivity index (χ3n) is 5.18. The summed E-state index contributed by atoms with van der Waals surface area (Å²) >= 11 is 0. The van der Waals surface area contributed by atoms with Crippen LogP contribution in [0.15, 0.2) is 42.6 Å². The summed E-state index contributed by atoms with van der Waals surface area (Å²) in [5.41, 5.74) is 1.70. The van der Waals surface area contributed by atoms with Gasteiger partial charge in [-0.1, -0.05) is 30.3 Å². The number of aryl methyl sites for hydroxylation is 1. The van der Waals surface area contributed by atoms with E-state index in [1.807, 2.05) is 42.2 Å². The van der Waals surface area contributed by atoms with Gasteiger partial charge in [0.1, 0.15) is 11.5 Å². The number of aromatic nitrogens is 5. The summed E-state index contributed by atoms with van der Waals surface area (Å²) in [7, 11) is 0. The van der Waals surface area contributed by atoms with Crippen molar-refractivity contribution in [2.45, 2.75) is 32.7 Å². The minimum absolute atomic E-state index is 0.0822. The van der Waals surface area contributed by atoms with Gasteiger partial charge in [0.25, 0.3) is 5.91 Å². The maximum atomic E-state index is 12.7. The van der Waals surface area contributed by atoms with E-state index in [4.69, 9.17) is 0 Å². The Hall–Kier alpha value is -2.96. The maximum absolute atomic E-state index is 12.7. The van der Waals surface area contributed by atoms with Crippen LogP contribution in [-0.2, 0) is 13.0 Å². The van der Waals surface area contributed by atoms with Gasteiger partial charge in [0.05, 0.1) is 0 Å². The summed E-state index contributed by atoms with van der Waals surface area (Å²) in [6.07, 6.45) is 4.52. The van der Waals surface area contributed by atoms with E-state index in [1.165, 1.54) is 0 Å². The summed E-state index contributed by atoms with van der Waals surface area (Å²) < 4.78 is 1.76. The number of carbonyl (C=O) groups is 1. The number of amides is 1. The molecular formula is C20H24N6O. The van der Waals surface area contributed by atoms with Crippen molar-refractivity contribution in [3.8, 4) is 11.4 Å². The monoisotopic (exact) mass is 364 g/mol. The van der Waals surface area contributed by atoms with Gasteiger partial charge in [-0.25, -0.2) is 4.98 Å². The molecule has 1 saturated heterocycles. The van der Waals surface area contributed by atoms with Crippen LogP contribution in [0.2, 0.25) is 0 Å². The van der Waals surface area contributed by atoms with E-state index in [9.17, 15) is 4.79 Å². The van der Waals surface area contributed by atoms with Gasteiger partial charge in [-0.2, -0.15) is 10.2 Å². The van der Waals surface area contributed by atoms with Crippen LogP contribution in [0.1, 0.15) is 36.1 Å². The molecule has 2 aromatic heterocycles. The minimum Gasteiger partial charge on any atom is -0.337 e. The first-order chi connectivity index (χ1) is 13.2. The highest BCUT2D eigenvalue weighted by atomic mass is 16.2. The lowest BCUT2D eigenvalue weighted by Crippen LogP contribution is -2.39. The normalized spacial score (nSPS) is 15.2. The molecule has 0 unspecified atom stereocenters. The van der Waals surface area contributed by atoms with Crippen molar-refractivity contribution in [1.82, 2.24) is 29.9 Å².